The van der Waals surface area contributed by atoms with Gasteiger partial charge in [-0.3, -0.25) is 4.79 Å². The number of piperidine rings is 3. The Morgan fingerprint density at radius 1 is 1.04 bits per heavy atom. The molecule has 3 amide bonds. The van der Waals surface area contributed by atoms with Gasteiger partial charge in [-0.25, -0.2) is 9.69 Å². The number of carbonyl (C=O) groups excluding carboxylic acids is 2. The summed E-state index contributed by atoms with van der Waals surface area (Å²) in [6, 6.07) is 7.53. The van der Waals surface area contributed by atoms with E-state index in [1.54, 1.807) is 0 Å². The second-order valence-corrected chi connectivity index (χ2v) is 7.99. The lowest BCUT2D eigenvalue weighted by molar-refractivity contribution is -0.119. The molecule has 5 nitrogen and oxygen atoms in total. The molecular formula is C19H23N3O2. The van der Waals surface area contributed by atoms with Crippen LogP contribution in [0.5, 0.6) is 0 Å². The van der Waals surface area contributed by atoms with Crippen LogP contribution in [0.4, 0.5) is 10.5 Å². The van der Waals surface area contributed by atoms with E-state index in [-0.39, 0.29) is 17.4 Å². The molecule has 0 unspecified atom stereocenters. The Bertz CT molecular complexity index is 703. The van der Waals surface area contributed by atoms with Crippen molar-refractivity contribution in [2.45, 2.75) is 37.5 Å². The fourth-order valence-electron chi connectivity index (χ4n) is 4.83. The Morgan fingerprint density at radius 3 is 2.38 bits per heavy atom. The van der Waals surface area contributed by atoms with Crippen molar-refractivity contribution < 1.29 is 9.59 Å². The van der Waals surface area contributed by atoms with E-state index in [0.29, 0.717) is 6.54 Å². The Morgan fingerprint density at radius 2 is 1.71 bits per heavy atom. The Hall–Kier alpha value is -1.88. The molecule has 1 aromatic carbocycles. The number of imide groups is 1. The summed E-state index contributed by atoms with van der Waals surface area (Å²) in [5.74, 6) is -0.0304. The van der Waals surface area contributed by atoms with E-state index in [1.165, 1.54) is 4.90 Å². The quantitative estimate of drug-likeness (QED) is 0.907. The molecule has 126 valence electrons. The predicted octanol–water partition coefficient (Wildman–Crippen LogP) is 2.26. The van der Waals surface area contributed by atoms with Gasteiger partial charge in [0, 0.05) is 6.54 Å². The van der Waals surface area contributed by atoms with Crippen molar-refractivity contribution in [3.63, 3.8) is 0 Å². The summed E-state index contributed by atoms with van der Waals surface area (Å²) in [6.45, 7) is 4.12. The first kappa shape index (κ1) is 14.5. The zero-order valence-corrected chi connectivity index (χ0v) is 13.9. The smallest absolute Gasteiger partial charge is 0.328 e. The van der Waals surface area contributed by atoms with Gasteiger partial charge in [0.15, 0.2) is 0 Å². The molecule has 6 rings (SSSR count). The topological polar surface area (TPSA) is 52.7 Å². The Balaban J connectivity index is 1.35. The number of carbonyl (C=O) groups is 2. The minimum absolute atomic E-state index is 0.0304. The number of rotatable bonds is 2. The molecule has 0 radical (unpaired) electrons. The van der Waals surface area contributed by atoms with Gasteiger partial charge in [-0.15, -0.1) is 0 Å². The van der Waals surface area contributed by atoms with Gasteiger partial charge < -0.3 is 10.2 Å². The van der Waals surface area contributed by atoms with Crippen LogP contribution in [-0.2, 0) is 10.2 Å². The molecule has 4 aliphatic heterocycles. The van der Waals surface area contributed by atoms with Crippen molar-refractivity contribution in [2.24, 2.45) is 5.41 Å². The molecule has 3 saturated heterocycles. The van der Waals surface area contributed by atoms with Crippen molar-refractivity contribution in [1.82, 2.24) is 10.2 Å². The molecule has 5 aliphatic rings. The van der Waals surface area contributed by atoms with Crippen LogP contribution in [0.25, 0.3) is 0 Å². The van der Waals surface area contributed by atoms with Crippen molar-refractivity contribution in [1.29, 1.82) is 0 Å². The highest BCUT2D eigenvalue weighted by Crippen LogP contribution is 2.57. The van der Waals surface area contributed by atoms with E-state index < -0.39 is 5.41 Å². The first-order valence-corrected chi connectivity index (χ1v) is 9.08. The maximum Gasteiger partial charge on any atom is 0.328 e. The largest absolute Gasteiger partial charge is 0.337 e. The highest BCUT2D eigenvalue weighted by molar-refractivity contribution is 6.23. The highest BCUT2D eigenvalue weighted by atomic mass is 16.2. The maximum absolute atomic E-state index is 12.9. The molecule has 0 aromatic heterocycles. The van der Waals surface area contributed by atoms with Crippen LogP contribution in [-0.4, -0.2) is 43.0 Å². The van der Waals surface area contributed by atoms with Crippen molar-refractivity contribution in [3.8, 4) is 0 Å². The van der Waals surface area contributed by atoms with Gasteiger partial charge >= 0.3 is 6.03 Å². The summed E-state index contributed by atoms with van der Waals surface area (Å²) >= 11 is 0. The molecule has 5 heteroatoms. The molecule has 0 atom stereocenters. The number of amides is 3. The second kappa shape index (κ2) is 4.82. The van der Waals surface area contributed by atoms with Gasteiger partial charge in [-0.2, -0.15) is 0 Å². The number of hydrogen-bond donors (Lipinski definition) is 1. The van der Waals surface area contributed by atoms with Crippen LogP contribution in [0.3, 0.4) is 0 Å². The fourth-order valence-corrected chi connectivity index (χ4v) is 4.83. The highest BCUT2D eigenvalue weighted by Gasteiger charge is 2.60. The molecule has 1 spiro atoms. The first-order valence-electron chi connectivity index (χ1n) is 9.08. The van der Waals surface area contributed by atoms with E-state index in [0.717, 1.165) is 63.0 Å². The standard InChI is InChI=1S/C19H23N3O2/c23-16-19(5-6-19)14-3-1-2-4-15(14)22(16)17(24)20-13-18-7-10-21(11-8-18)12-9-18/h1-4H,5-13H2,(H,20,24). The van der Waals surface area contributed by atoms with Crippen LogP contribution >= 0.6 is 0 Å². The number of anilines is 1. The van der Waals surface area contributed by atoms with Crippen molar-refractivity contribution in [3.05, 3.63) is 29.8 Å². The van der Waals surface area contributed by atoms with E-state index in [2.05, 4.69) is 10.2 Å². The normalized spacial score (nSPS) is 32.1. The summed E-state index contributed by atoms with van der Waals surface area (Å²) in [5.41, 5.74) is 1.66. The molecule has 1 saturated carbocycles. The first-order chi connectivity index (χ1) is 11.6. The molecule has 4 heterocycles. The zero-order valence-electron chi connectivity index (χ0n) is 13.9. The number of benzene rings is 1. The van der Waals surface area contributed by atoms with E-state index in [4.69, 9.17) is 0 Å². The SMILES string of the molecule is O=C(NCC12CCN(CC1)CC2)N1C(=O)C2(CC2)c2ccccc21. The third kappa shape index (κ3) is 1.91. The summed E-state index contributed by atoms with van der Waals surface area (Å²) in [6.07, 6.45) is 5.20. The monoisotopic (exact) mass is 325 g/mol. The molecule has 1 N–H and O–H groups in total. The summed E-state index contributed by atoms with van der Waals surface area (Å²) in [4.78, 5) is 29.6. The van der Waals surface area contributed by atoms with Crippen LogP contribution in [0.15, 0.2) is 24.3 Å². The maximum atomic E-state index is 12.9. The number of para-hydroxylation sites is 1. The number of fused-ring (bicyclic) bond motifs is 5. The lowest BCUT2D eigenvalue weighted by atomic mass is 9.72. The van der Waals surface area contributed by atoms with Gasteiger partial charge in [0.05, 0.1) is 11.1 Å². The molecule has 24 heavy (non-hydrogen) atoms. The predicted molar refractivity (Wildman–Crippen MR) is 91.0 cm³/mol. The summed E-state index contributed by atoms with van der Waals surface area (Å²) < 4.78 is 0. The zero-order chi connectivity index (χ0) is 16.4. The van der Waals surface area contributed by atoms with E-state index in [9.17, 15) is 9.59 Å². The van der Waals surface area contributed by atoms with Crippen LogP contribution in [0.2, 0.25) is 0 Å². The molecule has 4 fully saturated rings. The van der Waals surface area contributed by atoms with Gasteiger partial charge in [0.25, 0.3) is 0 Å². The van der Waals surface area contributed by atoms with Gasteiger partial charge in [-0.1, -0.05) is 18.2 Å². The lowest BCUT2D eigenvalue weighted by Gasteiger charge is -2.48. The van der Waals surface area contributed by atoms with Gasteiger partial charge in [0.2, 0.25) is 5.91 Å². The van der Waals surface area contributed by atoms with Crippen molar-refractivity contribution in [2.75, 3.05) is 31.1 Å². The average molecular weight is 325 g/mol. The van der Waals surface area contributed by atoms with Crippen LogP contribution in [0.1, 0.15) is 37.7 Å². The lowest BCUT2D eigenvalue weighted by Crippen LogP contribution is -2.54. The third-order valence-corrected chi connectivity index (χ3v) is 6.72. The number of nitrogens with zero attached hydrogens (tertiary/aromatic N) is 2. The van der Waals surface area contributed by atoms with Crippen molar-refractivity contribution >= 4 is 17.6 Å². The number of nitrogens with one attached hydrogen (secondary N) is 1. The van der Waals surface area contributed by atoms with E-state index in [1.807, 2.05) is 24.3 Å². The Labute approximate surface area is 142 Å². The van der Waals surface area contributed by atoms with E-state index >= 15 is 0 Å². The Kier molecular flexibility index (Phi) is 2.90. The molecule has 1 aromatic rings. The summed E-state index contributed by atoms with van der Waals surface area (Å²) in [7, 11) is 0. The number of urea groups is 1. The molecule has 2 bridgehead atoms. The second-order valence-electron chi connectivity index (χ2n) is 7.99. The summed E-state index contributed by atoms with van der Waals surface area (Å²) in [5, 5.41) is 3.10. The van der Waals surface area contributed by atoms with Gasteiger partial charge in [0.1, 0.15) is 0 Å². The third-order valence-electron chi connectivity index (χ3n) is 6.72. The van der Waals surface area contributed by atoms with Crippen LogP contribution in [0, 0.1) is 5.41 Å². The minimum atomic E-state index is -0.400. The fraction of sp³-hybridized carbons (Fsp3) is 0.579. The molecular weight excluding hydrogens is 302 g/mol. The van der Waals surface area contributed by atoms with Crippen LogP contribution < -0.4 is 10.2 Å². The average Bonchev–Trinajstić information content (AvgIpc) is 3.40. The molecule has 1 aliphatic carbocycles. The minimum Gasteiger partial charge on any atom is -0.337 e. The number of hydrogen-bond acceptors (Lipinski definition) is 3. The van der Waals surface area contributed by atoms with Gasteiger partial charge in [-0.05, 0) is 68.8 Å².